The van der Waals surface area contributed by atoms with Crippen molar-refractivity contribution in [2.45, 2.75) is 6.42 Å². The van der Waals surface area contributed by atoms with Crippen LogP contribution in [0.5, 0.6) is 5.75 Å². The van der Waals surface area contributed by atoms with E-state index < -0.39 is 5.91 Å². The van der Waals surface area contributed by atoms with E-state index in [1.54, 1.807) is 23.8 Å². The molecule has 1 amide bonds. The van der Waals surface area contributed by atoms with Crippen molar-refractivity contribution in [1.82, 2.24) is 10.5 Å². The summed E-state index contributed by atoms with van der Waals surface area (Å²) in [6.07, 6.45) is 4.60. The summed E-state index contributed by atoms with van der Waals surface area (Å²) in [6.45, 7) is 1.12. The van der Waals surface area contributed by atoms with E-state index in [0.29, 0.717) is 25.1 Å². The highest BCUT2D eigenvalue weighted by Gasteiger charge is 2.07. The van der Waals surface area contributed by atoms with E-state index in [2.05, 4.69) is 34.6 Å². The molecule has 0 atom stereocenters. The molecule has 4 aromatic carbocycles. The maximum Gasteiger partial charge on any atom is 0.274 e. The lowest BCUT2D eigenvalue weighted by molar-refractivity contribution is 0.0706. The highest BCUT2D eigenvalue weighted by molar-refractivity contribution is 5.93. The Kier molecular flexibility index (Phi) is 7.39. The lowest BCUT2D eigenvalue weighted by atomic mass is 10.1. The van der Waals surface area contributed by atoms with E-state index >= 15 is 0 Å². The number of aromatic nitrogens is 1. The smallest absolute Gasteiger partial charge is 0.274 e. The van der Waals surface area contributed by atoms with Gasteiger partial charge in [-0.2, -0.15) is 0 Å². The van der Waals surface area contributed by atoms with Crippen LogP contribution in [0.25, 0.3) is 27.8 Å². The molecule has 3 N–H and O–H groups in total. The van der Waals surface area contributed by atoms with E-state index in [4.69, 9.17) is 9.94 Å². The molecule has 1 aromatic heterocycles. The number of hydrogen-bond acceptors (Lipinski definition) is 5. The van der Waals surface area contributed by atoms with Crippen molar-refractivity contribution < 1.29 is 14.7 Å². The minimum atomic E-state index is -0.538. The summed E-state index contributed by atoms with van der Waals surface area (Å²) < 4.78 is 6.21. The highest BCUT2D eigenvalue weighted by atomic mass is 16.5. The highest BCUT2D eigenvalue weighted by Crippen LogP contribution is 2.26. The van der Waals surface area contributed by atoms with Gasteiger partial charge in [0.05, 0.1) is 17.8 Å². The Morgan fingerprint density at radius 2 is 1.62 bits per heavy atom. The van der Waals surface area contributed by atoms with Crippen LogP contribution in [0.1, 0.15) is 22.3 Å². The number of hydrogen-bond donors (Lipinski definition) is 3. The molecule has 5 rings (SSSR count). The maximum atomic E-state index is 11.7. The van der Waals surface area contributed by atoms with Gasteiger partial charge in [-0.1, -0.05) is 72.8 Å². The molecule has 0 aliphatic rings. The van der Waals surface area contributed by atoms with Gasteiger partial charge in [0.2, 0.25) is 0 Å². The fourth-order valence-electron chi connectivity index (χ4n) is 4.31. The fourth-order valence-corrected chi connectivity index (χ4v) is 4.31. The minimum Gasteiger partial charge on any atom is -0.493 e. The van der Waals surface area contributed by atoms with Crippen LogP contribution in [0.15, 0.2) is 109 Å². The van der Waals surface area contributed by atoms with Gasteiger partial charge < -0.3 is 10.1 Å². The first kappa shape index (κ1) is 24.0. The largest absolute Gasteiger partial charge is 0.493 e. The molecule has 0 unspecified atom stereocenters. The van der Waals surface area contributed by atoms with Gasteiger partial charge in [-0.05, 0) is 46.9 Å². The molecule has 0 saturated heterocycles. The van der Waals surface area contributed by atoms with Crippen molar-refractivity contribution in [3.05, 3.63) is 120 Å². The summed E-state index contributed by atoms with van der Waals surface area (Å²) in [5.74, 6) is 0.326. The molecule has 184 valence electrons. The zero-order valence-corrected chi connectivity index (χ0v) is 20.2. The monoisotopic (exact) mass is 489 g/mol. The van der Waals surface area contributed by atoms with Crippen molar-refractivity contribution in [2.24, 2.45) is 0 Å². The van der Waals surface area contributed by atoms with Crippen LogP contribution in [-0.4, -0.2) is 29.3 Å². The molecular formula is C31H27N3O3. The Morgan fingerprint density at radius 1 is 0.865 bits per heavy atom. The molecule has 0 aliphatic carbocycles. The van der Waals surface area contributed by atoms with Gasteiger partial charge in [0.25, 0.3) is 5.91 Å². The zero-order chi connectivity index (χ0) is 25.5. The summed E-state index contributed by atoms with van der Waals surface area (Å²) >= 11 is 0. The number of ether oxygens (including phenoxy) is 1. The molecule has 0 aliphatic heterocycles. The summed E-state index contributed by atoms with van der Waals surface area (Å²) in [7, 11) is 0. The predicted molar refractivity (Wildman–Crippen MR) is 148 cm³/mol. The summed E-state index contributed by atoms with van der Waals surface area (Å²) in [5.41, 5.74) is 6.03. The summed E-state index contributed by atoms with van der Waals surface area (Å²) in [4.78, 5) is 16.2. The van der Waals surface area contributed by atoms with Gasteiger partial charge in [0, 0.05) is 35.5 Å². The number of anilines is 1. The topological polar surface area (TPSA) is 83.5 Å². The number of nitrogens with one attached hydrogen (secondary N) is 2. The second-order valence-electron chi connectivity index (χ2n) is 8.68. The molecule has 0 bridgehead atoms. The molecule has 0 spiro atoms. The quantitative estimate of drug-likeness (QED) is 0.163. The fraction of sp³-hybridized carbons (Fsp3) is 0.0968. The van der Waals surface area contributed by atoms with Crippen LogP contribution in [-0.2, 0) is 0 Å². The first-order valence-electron chi connectivity index (χ1n) is 12.1. The standard InChI is InChI=1S/C31H27N3O3/c35-31(34-36)26-15-13-22(14-16-26)20-23(21-33-28-11-3-8-25-9-5-18-32-30(25)28)17-19-37-29-12-4-7-24-6-1-2-10-27(24)29/h1-16,18,20,33,36H,17,19,21H2,(H,34,35)/b23-20-. The number of rotatable bonds is 9. The van der Waals surface area contributed by atoms with Crippen LogP contribution in [0.3, 0.4) is 0 Å². The van der Waals surface area contributed by atoms with Gasteiger partial charge in [-0.25, -0.2) is 5.48 Å². The average Bonchev–Trinajstić information content (AvgIpc) is 2.96. The zero-order valence-electron chi connectivity index (χ0n) is 20.2. The van der Waals surface area contributed by atoms with Crippen molar-refractivity contribution in [3.8, 4) is 5.75 Å². The number of benzene rings is 4. The Balaban J connectivity index is 1.35. The molecule has 37 heavy (non-hydrogen) atoms. The Labute approximate surface area is 215 Å². The van der Waals surface area contributed by atoms with Gasteiger partial charge in [0.15, 0.2) is 0 Å². The second-order valence-corrected chi connectivity index (χ2v) is 8.68. The molecule has 0 fully saturated rings. The van der Waals surface area contributed by atoms with Gasteiger partial charge >= 0.3 is 0 Å². The summed E-state index contributed by atoms with van der Waals surface area (Å²) in [5, 5.41) is 15.7. The number of nitrogens with zero attached hydrogens (tertiary/aromatic N) is 1. The third-order valence-electron chi connectivity index (χ3n) is 6.21. The molecular weight excluding hydrogens is 462 g/mol. The van der Waals surface area contributed by atoms with E-state index in [1.807, 2.05) is 66.7 Å². The summed E-state index contributed by atoms with van der Waals surface area (Å²) in [6, 6.07) is 31.4. The van der Waals surface area contributed by atoms with Gasteiger partial charge in [-0.3, -0.25) is 15.0 Å². The van der Waals surface area contributed by atoms with Crippen LogP contribution in [0.4, 0.5) is 5.69 Å². The van der Waals surface area contributed by atoms with Crippen LogP contribution in [0, 0.1) is 0 Å². The number of fused-ring (bicyclic) bond motifs is 2. The maximum absolute atomic E-state index is 11.7. The van der Waals surface area contributed by atoms with Crippen molar-refractivity contribution in [1.29, 1.82) is 0 Å². The molecule has 5 aromatic rings. The van der Waals surface area contributed by atoms with Gasteiger partial charge in [-0.15, -0.1) is 0 Å². The number of pyridine rings is 1. The molecule has 0 saturated carbocycles. The van der Waals surface area contributed by atoms with Crippen molar-refractivity contribution >= 4 is 39.3 Å². The van der Waals surface area contributed by atoms with E-state index in [-0.39, 0.29) is 0 Å². The first-order chi connectivity index (χ1) is 18.2. The third-order valence-corrected chi connectivity index (χ3v) is 6.21. The average molecular weight is 490 g/mol. The molecule has 6 nitrogen and oxygen atoms in total. The van der Waals surface area contributed by atoms with Crippen LogP contribution < -0.4 is 15.5 Å². The third kappa shape index (κ3) is 5.77. The normalized spacial score (nSPS) is 11.4. The first-order valence-corrected chi connectivity index (χ1v) is 12.1. The van der Waals surface area contributed by atoms with E-state index in [9.17, 15) is 4.79 Å². The van der Waals surface area contributed by atoms with Crippen molar-refractivity contribution in [3.63, 3.8) is 0 Å². The van der Waals surface area contributed by atoms with Gasteiger partial charge in [0.1, 0.15) is 5.75 Å². The Bertz CT molecular complexity index is 1550. The number of hydroxylamine groups is 1. The SMILES string of the molecule is O=C(NO)c1ccc(/C=C(/CCOc2cccc3ccccc23)CNc2cccc3cccnc23)cc1. The molecule has 1 heterocycles. The minimum absolute atomic E-state index is 0.389. The lowest BCUT2D eigenvalue weighted by Crippen LogP contribution is -2.18. The number of carbonyl (C=O) groups excluding carboxylic acids is 1. The van der Waals surface area contributed by atoms with E-state index in [0.717, 1.165) is 44.2 Å². The molecule has 0 radical (unpaired) electrons. The number of amides is 1. The predicted octanol–water partition coefficient (Wildman–Crippen LogP) is 6.47. The molecule has 6 heteroatoms. The second kappa shape index (κ2) is 11.4. The Morgan fingerprint density at radius 3 is 2.49 bits per heavy atom. The number of para-hydroxylation sites is 1. The van der Waals surface area contributed by atoms with E-state index in [1.165, 1.54) is 0 Å². The lowest BCUT2D eigenvalue weighted by Gasteiger charge is -2.14. The van der Waals surface area contributed by atoms with Crippen molar-refractivity contribution in [2.75, 3.05) is 18.5 Å². The number of carbonyl (C=O) groups is 1. The Hall–Kier alpha value is -4.68. The van der Waals surface area contributed by atoms with Crippen LogP contribution in [0.2, 0.25) is 0 Å². The van der Waals surface area contributed by atoms with Crippen LogP contribution >= 0.6 is 0 Å².